The smallest absolute Gasteiger partial charge is 0.195 e. The summed E-state index contributed by atoms with van der Waals surface area (Å²) in [5.41, 5.74) is 0. The summed E-state index contributed by atoms with van der Waals surface area (Å²) in [7, 11) is 0. The Morgan fingerprint density at radius 3 is 2.93 bits per heavy atom. The molecular formula is C10H13NO2S. The molecule has 1 heterocycles. The Balaban J connectivity index is 2.27. The summed E-state index contributed by atoms with van der Waals surface area (Å²) >= 11 is 1.16. The zero-order chi connectivity index (χ0) is 10.2. The van der Waals surface area contributed by atoms with Crippen LogP contribution in [0.15, 0.2) is 29.4 Å². The molecule has 0 aromatic carbocycles. The number of pyridine rings is 1. The number of rotatable bonds is 5. The van der Waals surface area contributed by atoms with Gasteiger partial charge in [0.15, 0.2) is 5.12 Å². The van der Waals surface area contributed by atoms with Gasteiger partial charge in [0, 0.05) is 19.2 Å². The third kappa shape index (κ3) is 4.39. The quantitative estimate of drug-likeness (QED) is 0.596. The van der Waals surface area contributed by atoms with E-state index in [1.165, 1.54) is 0 Å². The van der Waals surface area contributed by atoms with Crippen molar-refractivity contribution in [1.82, 2.24) is 4.98 Å². The maximum Gasteiger partial charge on any atom is 0.195 e. The molecule has 76 valence electrons. The highest BCUT2D eigenvalue weighted by Gasteiger charge is 2.04. The molecule has 4 heteroatoms. The molecule has 0 unspecified atom stereocenters. The van der Waals surface area contributed by atoms with Gasteiger partial charge in [-0.05, 0) is 36.7 Å². The van der Waals surface area contributed by atoms with Crippen molar-refractivity contribution >= 4 is 16.9 Å². The molecule has 0 radical (unpaired) electrons. The number of unbranched alkanes of at least 4 members (excludes halogenated alkanes) is 1. The summed E-state index contributed by atoms with van der Waals surface area (Å²) in [4.78, 5) is 15.4. The topological polar surface area (TPSA) is 50.2 Å². The number of hydrogen-bond donors (Lipinski definition) is 1. The van der Waals surface area contributed by atoms with E-state index < -0.39 is 0 Å². The molecule has 0 saturated heterocycles. The van der Waals surface area contributed by atoms with Gasteiger partial charge in [0.1, 0.15) is 5.03 Å². The fourth-order valence-electron chi connectivity index (χ4n) is 0.956. The van der Waals surface area contributed by atoms with Crippen molar-refractivity contribution in [3.8, 4) is 0 Å². The second-order valence-corrected chi connectivity index (χ2v) is 3.90. The summed E-state index contributed by atoms with van der Waals surface area (Å²) in [5, 5.41) is 9.38. The van der Waals surface area contributed by atoms with Crippen molar-refractivity contribution < 1.29 is 9.90 Å². The van der Waals surface area contributed by atoms with E-state index in [-0.39, 0.29) is 11.7 Å². The number of thioether (sulfide) groups is 1. The Kier molecular flexibility index (Phi) is 5.25. The molecule has 1 rings (SSSR count). The lowest BCUT2D eigenvalue weighted by Crippen LogP contribution is -1.93. The SMILES string of the molecule is O=C(CCCCO)Sc1ccccn1. The first-order valence-corrected chi connectivity index (χ1v) is 5.37. The first kappa shape index (κ1) is 11.2. The minimum atomic E-state index is 0.108. The van der Waals surface area contributed by atoms with Gasteiger partial charge in [-0.15, -0.1) is 0 Å². The van der Waals surface area contributed by atoms with Crippen LogP contribution in [0.3, 0.4) is 0 Å². The van der Waals surface area contributed by atoms with Crippen LogP contribution in [0, 0.1) is 0 Å². The Labute approximate surface area is 87.6 Å². The highest BCUT2D eigenvalue weighted by atomic mass is 32.2. The number of carbonyl (C=O) groups is 1. The number of aliphatic hydroxyl groups excluding tert-OH is 1. The van der Waals surface area contributed by atoms with Gasteiger partial charge < -0.3 is 5.11 Å². The highest BCUT2D eigenvalue weighted by Crippen LogP contribution is 2.17. The van der Waals surface area contributed by atoms with Crippen LogP contribution < -0.4 is 0 Å². The van der Waals surface area contributed by atoms with E-state index in [0.29, 0.717) is 12.8 Å². The van der Waals surface area contributed by atoms with Gasteiger partial charge in [-0.3, -0.25) is 4.79 Å². The fraction of sp³-hybridized carbons (Fsp3) is 0.400. The van der Waals surface area contributed by atoms with Crippen molar-refractivity contribution in [2.24, 2.45) is 0 Å². The third-order valence-corrected chi connectivity index (χ3v) is 2.53. The Bertz CT molecular complexity index is 277. The van der Waals surface area contributed by atoms with E-state index in [2.05, 4.69) is 4.98 Å². The summed E-state index contributed by atoms with van der Waals surface area (Å²) < 4.78 is 0. The Morgan fingerprint density at radius 2 is 2.29 bits per heavy atom. The van der Waals surface area contributed by atoms with Crippen LogP contribution in [0.5, 0.6) is 0 Å². The Hall–Kier alpha value is -0.870. The lowest BCUT2D eigenvalue weighted by molar-refractivity contribution is -0.111. The van der Waals surface area contributed by atoms with Gasteiger partial charge in [0.2, 0.25) is 0 Å². The van der Waals surface area contributed by atoms with E-state index in [1.54, 1.807) is 6.20 Å². The Morgan fingerprint density at radius 1 is 1.43 bits per heavy atom. The number of nitrogens with zero attached hydrogens (tertiary/aromatic N) is 1. The number of aliphatic hydroxyl groups is 1. The summed E-state index contributed by atoms with van der Waals surface area (Å²) in [6.45, 7) is 0.154. The molecule has 1 N–H and O–H groups in total. The number of carbonyl (C=O) groups excluding carboxylic acids is 1. The summed E-state index contributed by atoms with van der Waals surface area (Å²) in [5.74, 6) is 0. The molecule has 0 aliphatic carbocycles. The van der Waals surface area contributed by atoms with E-state index in [0.717, 1.165) is 23.2 Å². The van der Waals surface area contributed by atoms with Crippen LogP contribution in [-0.2, 0) is 4.79 Å². The molecule has 0 amide bonds. The molecule has 0 aliphatic rings. The van der Waals surface area contributed by atoms with Gasteiger partial charge in [-0.2, -0.15) is 0 Å². The predicted molar refractivity (Wildman–Crippen MR) is 56.0 cm³/mol. The molecule has 3 nitrogen and oxygen atoms in total. The summed E-state index contributed by atoms with van der Waals surface area (Å²) in [6.07, 6.45) is 3.61. The molecular weight excluding hydrogens is 198 g/mol. The molecule has 0 bridgehead atoms. The van der Waals surface area contributed by atoms with Crippen molar-refractivity contribution in [1.29, 1.82) is 0 Å². The number of aromatic nitrogens is 1. The van der Waals surface area contributed by atoms with Crippen LogP contribution in [0.4, 0.5) is 0 Å². The zero-order valence-electron chi connectivity index (χ0n) is 7.85. The molecule has 1 aromatic rings. The standard InChI is InChI=1S/C10H13NO2S/c12-8-4-2-6-10(13)14-9-5-1-3-7-11-9/h1,3,5,7,12H,2,4,6,8H2. The molecule has 0 fully saturated rings. The first-order valence-electron chi connectivity index (χ1n) is 4.55. The highest BCUT2D eigenvalue weighted by molar-refractivity contribution is 8.13. The average molecular weight is 211 g/mol. The van der Waals surface area contributed by atoms with E-state index in [9.17, 15) is 4.79 Å². The van der Waals surface area contributed by atoms with Crippen molar-refractivity contribution in [2.45, 2.75) is 24.3 Å². The monoisotopic (exact) mass is 211 g/mol. The lowest BCUT2D eigenvalue weighted by Gasteiger charge is -1.98. The normalized spacial score (nSPS) is 10.1. The fourth-order valence-corrected chi connectivity index (χ4v) is 1.70. The molecule has 0 atom stereocenters. The van der Waals surface area contributed by atoms with Crippen LogP contribution in [0.1, 0.15) is 19.3 Å². The zero-order valence-corrected chi connectivity index (χ0v) is 8.67. The molecule has 0 aliphatic heterocycles. The first-order chi connectivity index (χ1) is 6.83. The molecule has 14 heavy (non-hydrogen) atoms. The average Bonchev–Trinajstić information content (AvgIpc) is 2.20. The summed E-state index contributed by atoms with van der Waals surface area (Å²) in [6, 6.07) is 5.49. The van der Waals surface area contributed by atoms with Crippen molar-refractivity contribution in [3.63, 3.8) is 0 Å². The second kappa shape index (κ2) is 6.56. The largest absolute Gasteiger partial charge is 0.396 e. The number of hydrogen-bond acceptors (Lipinski definition) is 4. The minimum Gasteiger partial charge on any atom is -0.396 e. The maximum absolute atomic E-state index is 11.3. The van der Waals surface area contributed by atoms with Gasteiger partial charge >= 0.3 is 0 Å². The predicted octanol–water partition coefficient (Wildman–Crippen LogP) is 1.86. The molecule has 0 saturated carbocycles. The lowest BCUT2D eigenvalue weighted by atomic mass is 10.3. The van der Waals surface area contributed by atoms with E-state index in [4.69, 9.17) is 5.11 Å². The van der Waals surface area contributed by atoms with Crippen LogP contribution in [0.2, 0.25) is 0 Å². The molecule has 1 aromatic heterocycles. The maximum atomic E-state index is 11.3. The van der Waals surface area contributed by atoms with Gasteiger partial charge in [-0.1, -0.05) is 6.07 Å². The van der Waals surface area contributed by atoms with Crippen molar-refractivity contribution in [3.05, 3.63) is 24.4 Å². The van der Waals surface area contributed by atoms with Crippen LogP contribution in [-0.4, -0.2) is 21.8 Å². The van der Waals surface area contributed by atoms with Crippen molar-refractivity contribution in [2.75, 3.05) is 6.61 Å². The van der Waals surface area contributed by atoms with E-state index in [1.807, 2.05) is 18.2 Å². The minimum absolute atomic E-state index is 0.108. The van der Waals surface area contributed by atoms with Gasteiger partial charge in [0.05, 0.1) is 0 Å². The molecule has 0 spiro atoms. The van der Waals surface area contributed by atoms with Crippen LogP contribution >= 0.6 is 11.8 Å². The third-order valence-electron chi connectivity index (χ3n) is 1.65. The van der Waals surface area contributed by atoms with E-state index >= 15 is 0 Å². The second-order valence-electron chi connectivity index (χ2n) is 2.82. The van der Waals surface area contributed by atoms with Gasteiger partial charge in [-0.25, -0.2) is 4.98 Å². The van der Waals surface area contributed by atoms with Gasteiger partial charge in [0.25, 0.3) is 0 Å². The van der Waals surface area contributed by atoms with Crippen LogP contribution in [0.25, 0.3) is 0 Å².